The second-order valence-electron chi connectivity index (χ2n) is 8.71. The highest BCUT2D eigenvalue weighted by Crippen LogP contribution is 2.39. The molecule has 0 N–H and O–H groups in total. The Labute approximate surface area is 199 Å². The first-order chi connectivity index (χ1) is 15.9. The Morgan fingerprint density at radius 3 is 2.42 bits per heavy atom. The van der Waals surface area contributed by atoms with Gasteiger partial charge in [0, 0.05) is 23.8 Å². The SMILES string of the molecule is Cc1ccc(C2=C(N3CCc4ccccc43)C(=O)N(CCc3ccc(Cl)cc3)C2=O)c(C)c1. The van der Waals surface area contributed by atoms with Crippen LogP contribution in [0.15, 0.2) is 72.4 Å². The molecule has 0 aromatic heterocycles. The zero-order valence-electron chi connectivity index (χ0n) is 18.8. The standard InChI is InChI=1S/C28H25ClN2O2/c1-18-7-12-23(19(2)17-18)25-26(30-16-14-21-5-3-4-6-24(21)30)28(33)31(27(25)32)15-13-20-8-10-22(29)11-9-20/h3-12,17H,13-16H2,1-2H3. The van der Waals surface area contributed by atoms with Crippen LogP contribution in [0.4, 0.5) is 5.69 Å². The van der Waals surface area contributed by atoms with E-state index in [9.17, 15) is 9.59 Å². The van der Waals surface area contributed by atoms with E-state index in [2.05, 4.69) is 12.1 Å². The topological polar surface area (TPSA) is 40.6 Å². The molecule has 0 saturated carbocycles. The maximum atomic E-state index is 13.7. The van der Waals surface area contributed by atoms with Crippen LogP contribution in [0.1, 0.15) is 27.8 Å². The molecule has 3 aromatic carbocycles. The van der Waals surface area contributed by atoms with Crippen LogP contribution < -0.4 is 4.90 Å². The van der Waals surface area contributed by atoms with Gasteiger partial charge in [-0.3, -0.25) is 14.5 Å². The van der Waals surface area contributed by atoms with Gasteiger partial charge in [0.2, 0.25) is 0 Å². The molecule has 3 aromatic rings. The van der Waals surface area contributed by atoms with Crippen molar-refractivity contribution in [2.24, 2.45) is 0 Å². The van der Waals surface area contributed by atoms with Gasteiger partial charge in [0.25, 0.3) is 11.8 Å². The number of anilines is 1. The van der Waals surface area contributed by atoms with Crippen LogP contribution in [0.5, 0.6) is 0 Å². The first-order valence-electron chi connectivity index (χ1n) is 11.2. The molecule has 2 aliphatic rings. The Morgan fingerprint density at radius 1 is 0.909 bits per heavy atom. The average molecular weight is 457 g/mol. The molecule has 2 aliphatic heterocycles. The summed E-state index contributed by atoms with van der Waals surface area (Å²) in [6.45, 7) is 5.04. The Bertz CT molecular complexity index is 1290. The summed E-state index contributed by atoms with van der Waals surface area (Å²) in [6.07, 6.45) is 1.44. The minimum absolute atomic E-state index is 0.222. The van der Waals surface area contributed by atoms with E-state index in [0.29, 0.717) is 35.8 Å². The minimum atomic E-state index is -0.222. The van der Waals surface area contributed by atoms with Gasteiger partial charge in [0.15, 0.2) is 0 Å². The predicted octanol–water partition coefficient (Wildman–Crippen LogP) is 5.34. The number of benzene rings is 3. The molecule has 0 fully saturated rings. The summed E-state index contributed by atoms with van der Waals surface area (Å²) in [5, 5.41) is 0.667. The van der Waals surface area contributed by atoms with Crippen LogP contribution in [-0.2, 0) is 22.4 Å². The van der Waals surface area contributed by atoms with Crippen LogP contribution in [0.25, 0.3) is 5.57 Å². The highest BCUT2D eigenvalue weighted by molar-refractivity contribution is 6.37. The number of nitrogens with zero attached hydrogens (tertiary/aromatic N) is 2. The number of hydrogen-bond acceptors (Lipinski definition) is 3. The summed E-state index contributed by atoms with van der Waals surface area (Å²) >= 11 is 6.00. The van der Waals surface area contributed by atoms with Crippen LogP contribution in [0, 0.1) is 13.8 Å². The van der Waals surface area contributed by atoms with Gasteiger partial charge in [-0.1, -0.05) is 65.7 Å². The number of rotatable bonds is 5. The van der Waals surface area contributed by atoms with E-state index in [4.69, 9.17) is 11.6 Å². The average Bonchev–Trinajstić information content (AvgIpc) is 3.32. The highest BCUT2D eigenvalue weighted by Gasteiger charge is 2.43. The molecule has 0 saturated heterocycles. The Morgan fingerprint density at radius 2 is 1.67 bits per heavy atom. The summed E-state index contributed by atoms with van der Waals surface area (Å²) in [7, 11) is 0. The van der Waals surface area contributed by atoms with Crippen LogP contribution in [-0.4, -0.2) is 29.8 Å². The molecule has 5 rings (SSSR count). The molecule has 0 bridgehead atoms. The highest BCUT2D eigenvalue weighted by atomic mass is 35.5. The van der Waals surface area contributed by atoms with Gasteiger partial charge in [-0.25, -0.2) is 0 Å². The van der Waals surface area contributed by atoms with Gasteiger partial charge in [-0.15, -0.1) is 0 Å². The number of para-hydroxylation sites is 1. The number of halogens is 1. The maximum absolute atomic E-state index is 13.7. The third-order valence-corrected chi connectivity index (χ3v) is 6.74. The summed E-state index contributed by atoms with van der Waals surface area (Å²) in [6, 6.07) is 21.7. The van der Waals surface area contributed by atoms with E-state index < -0.39 is 0 Å². The largest absolute Gasteiger partial charge is 0.336 e. The fraction of sp³-hybridized carbons (Fsp3) is 0.214. The van der Waals surface area contributed by atoms with E-state index in [1.807, 2.05) is 73.3 Å². The normalized spacial score (nSPS) is 15.6. The summed E-state index contributed by atoms with van der Waals surface area (Å²) < 4.78 is 0. The van der Waals surface area contributed by atoms with Crippen molar-refractivity contribution in [3.8, 4) is 0 Å². The molecule has 166 valence electrons. The quantitative estimate of drug-likeness (QED) is 0.486. The number of fused-ring (bicyclic) bond motifs is 1. The molecule has 0 unspecified atom stereocenters. The van der Waals surface area contributed by atoms with Crippen molar-refractivity contribution in [3.63, 3.8) is 0 Å². The van der Waals surface area contributed by atoms with Crippen LogP contribution in [0.2, 0.25) is 5.02 Å². The van der Waals surface area contributed by atoms with E-state index in [1.54, 1.807) is 0 Å². The van der Waals surface area contributed by atoms with Crippen molar-refractivity contribution < 1.29 is 9.59 Å². The van der Waals surface area contributed by atoms with Crippen molar-refractivity contribution in [1.82, 2.24) is 4.90 Å². The Kier molecular flexibility index (Phi) is 5.55. The molecule has 4 nitrogen and oxygen atoms in total. The number of carbonyl (C=O) groups is 2. The van der Waals surface area contributed by atoms with E-state index in [0.717, 1.165) is 34.4 Å². The maximum Gasteiger partial charge on any atom is 0.278 e. The lowest BCUT2D eigenvalue weighted by Gasteiger charge is -2.22. The summed E-state index contributed by atoms with van der Waals surface area (Å²) in [4.78, 5) is 30.9. The molecule has 0 spiro atoms. The van der Waals surface area contributed by atoms with Gasteiger partial charge in [0.1, 0.15) is 5.70 Å². The summed E-state index contributed by atoms with van der Waals surface area (Å²) in [5.41, 5.74) is 7.19. The molecular formula is C28H25ClN2O2. The first-order valence-corrected chi connectivity index (χ1v) is 11.6. The van der Waals surface area contributed by atoms with Crippen molar-refractivity contribution >= 4 is 34.7 Å². The van der Waals surface area contributed by atoms with Gasteiger partial charge < -0.3 is 4.90 Å². The minimum Gasteiger partial charge on any atom is -0.336 e. The number of carbonyl (C=O) groups excluding carboxylic acids is 2. The zero-order valence-corrected chi connectivity index (χ0v) is 19.5. The number of amides is 2. The van der Waals surface area contributed by atoms with Crippen LogP contribution in [0.3, 0.4) is 0 Å². The summed E-state index contributed by atoms with van der Waals surface area (Å²) in [5.74, 6) is -0.444. The van der Waals surface area contributed by atoms with E-state index >= 15 is 0 Å². The molecule has 0 aliphatic carbocycles. The molecule has 2 amide bonds. The van der Waals surface area contributed by atoms with Gasteiger partial charge in [-0.2, -0.15) is 0 Å². The predicted molar refractivity (Wildman–Crippen MR) is 132 cm³/mol. The van der Waals surface area contributed by atoms with Crippen molar-refractivity contribution in [1.29, 1.82) is 0 Å². The lowest BCUT2D eigenvalue weighted by atomic mass is 9.97. The fourth-order valence-electron chi connectivity index (χ4n) is 4.82. The molecule has 0 radical (unpaired) electrons. The lowest BCUT2D eigenvalue weighted by Crippen LogP contribution is -2.36. The van der Waals surface area contributed by atoms with Gasteiger partial charge in [-0.05, 0) is 67.1 Å². The number of imide groups is 1. The molecule has 2 heterocycles. The van der Waals surface area contributed by atoms with E-state index in [-0.39, 0.29) is 11.8 Å². The smallest absolute Gasteiger partial charge is 0.278 e. The second-order valence-corrected chi connectivity index (χ2v) is 9.15. The van der Waals surface area contributed by atoms with Crippen molar-refractivity contribution in [2.45, 2.75) is 26.7 Å². The number of aryl methyl sites for hydroxylation is 2. The van der Waals surface area contributed by atoms with Gasteiger partial charge >= 0.3 is 0 Å². The third-order valence-electron chi connectivity index (χ3n) is 6.49. The molecule has 33 heavy (non-hydrogen) atoms. The number of hydrogen-bond donors (Lipinski definition) is 0. The Hall–Kier alpha value is -3.37. The Balaban J connectivity index is 1.55. The first kappa shape index (κ1) is 21.5. The van der Waals surface area contributed by atoms with Crippen molar-refractivity contribution in [2.75, 3.05) is 18.0 Å². The van der Waals surface area contributed by atoms with Crippen LogP contribution >= 0.6 is 11.6 Å². The second kappa shape index (κ2) is 8.53. The molecule has 0 atom stereocenters. The lowest BCUT2D eigenvalue weighted by molar-refractivity contribution is -0.136. The van der Waals surface area contributed by atoms with E-state index in [1.165, 1.54) is 10.5 Å². The molecular weight excluding hydrogens is 432 g/mol. The van der Waals surface area contributed by atoms with Crippen molar-refractivity contribution in [3.05, 3.63) is 105 Å². The zero-order chi connectivity index (χ0) is 23.1. The third kappa shape index (κ3) is 3.85. The van der Waals surface area contributed by atoms with Gasteiger partial charge in [0.05, 0.1) is 5.57 Å². The fourth-order valence-corrected chi connectivity index (χ4v) is 4.94. The molecule has 5 heteroatoms. The monoisotopic (exact) mass is 456 g/mol.